The molecule has 2 heterocycles. The Balaban J connectivity index is 1.19. The van der Waals surface area contributed by atoms with Gasteiger partial charge in [0, 0.05) is 42.7 Å². The van der Waals surface area contributed by atoms with Crippen LogP contribution in [0.15, 0.2) is 90.0 Å². The van der Waals surface area contributed by atoms with Crippen LogP contribution in [-0.4, -0.2) is 36.3 Å². The molecule has 0 saturated carbocycles. The first-order valence-corrected chi connectivity index (χ1v) is 14.3. The van der Waals surface area contributed by atoms with E-state index in [0.29, 0.717) is 24.4 Å². The zero-order chi connectivity index (χ0) is 25.6. The van der Waals surface area contributed by atoms with Crippen molar-refractivity contribution >= 4 is 26.8 Å². The highest BCUT2D eigenvalue weighted by atomic mass is 32.2. The van der Waals surface area contributed by atoms with Gasteiger partial charge >= 0.3 is 0 Å². The first-order chi connectivity index (χ1) is 17.9. The lowest BCUT2D eigenvalue weighted by Crippen LogP contribution is -2.44. The van der Waals surface area contributed by atoms with Gasteiger partial charge in [-0.05, 0) is 54.2 Å². The summed E-state index contributed by atoms with van der Waals surface area (Å²) in [5.74, 6) is 0.0114. The summed E-state index contributed by atoms with van der Waals surface area (Å²) in [6.07, 6.45) is 4.65. The number of hydrogen-bond donors (Lipinski definition) is 1. The molecule has 190 valence electrons. The highest BCUT2D eigenvalue weighted by Gasteiger charge is 2.47. The Hall–Kier alpha value is -3.42. The fraction of sp³-hybridized carbons (Fsp3) is 0.300. The molecule has 0 bridgehead atoms. The molecule has 4 aromatic rings. The van der Waals surface area contributed by atoms with Gasteiger partial charge in [0.05, 0.1) is 17.4 Å². The van der Waals surface area contributed by atoms with Crippen molar-refractivity contribution in [3.05, 3.63) is 102 Å². The number of carbonyl (C=O) groups excluding carboxylic acids is 1. The van der Waals surface area contributed by atoms with Gasteiger partial charge in [-0.15, -0.1) is 0 Å². The maximum atomic E-state index is 13.2. The Bertz CT molecular complexity index is 1570. The van der Waals surface area contributed by atoms with Gasteiger partial charge in [-0.3, -0.25) is 4.79 Å². The number of rotatable bonds is 5. The molecule has 1 fully saturated rings. The molecule has 1 amide bonds. The highest BCUT2D eigenvalue weighted by Crippen LogP contribution is 2.51. The van der Waals surface area contributed by atoms with Crippen molar-refractivity contribution in [1.82, 2.24) is 14.2 Å². The zero-order valence-electron chi connectivity index (χ0n) is 20.9. The number of aromatic nitrogens is 1. The molecule has 1 atom stereocenters. The second kappa shape index (κ2) is 9.15. The van der Waals surface area contributed by atoms with E-state index >= 15 is 0 Å². The van der Waals surface area contributed by atoms with Crippen LogP contribution in [0.2, 0.25) is 0 Å². The predicted octanol–water partition coefficient (Wildman–Crippen LogP) is 4.70. The molecule has 1 saturated heterocycles. The van der Waals surface area contributed by atoms with Crippen molar-refractivity contribution in [3.8, 4) is 0 Å². The lowest BCUT2D eigenvalue weighted by atomic mass is 9.74. The predicted molar refractivity (Wildman–Crippen MR) is 145 cm³/mol. The largest absolute Gasteiger partial charge is 0.350 e. The summed E-state index contributed by atoms with van der Waals surface area (Å²) in [5, 5.41) is 4.42. The second-order valence-corrected chi connectivity index (χ2v) is 12.3. The monoisotopic (exact) mass is 513 g/mol. The Morgan fingerprint density at radius 2 is 1.62 bits per heavy atom. The number of amides is 1. The smallest absolute Gasteiger partial charge is 0.243 e. The molecule has 6 nitrogen and oxygen atoms in total. The molecule has 7 heteroatoms. The van der Waals surface area contributed by atoms with E-state index in [1.165, 1.54) is 5.56 Å². The van der Waals surface area contributed by atoms with E-state index in [1.54, 1.807) is 28.6 Å². The quantitative estimate of drug-likeness (QED) is 0.420. The van der Waals surface area contributed by atoms with Crippen LogP contribution >= 0.6 is 0 Å². The van der Waals surface area contributed by atoms with Gasteiger partial charge in [0.25, 0.3) is 0 Å². The molecule has 0 radical (unpaired) electrons. The average Bonchev–Trinajstić information content (AvgIpc) is 3.39. The topological polar surface area (TPSA) is 71.4 Å². The number of fused-ring (bicyclic) bond motifs is 3. The fourth-order valence-corrected chi connectivity index (χ4v) is 7.84. The lowest BCUT2D eigenvalue weighted by Gasteiger charge is -2.39. The maximum absolute atomic E-state index is 13.2. The van der Waals surface area contributed by atoms with Crippen molar-refractivity contribution < 1.29 is 13.2 Å². The summed E-state index contributed by atoms with van der Waals surface area (Å²) in [5.41, 5.74) is 4.43. The van der Waals surface area contributed by atoms with Crippen LogP contribution in [-0.2, 0) is 33.7 Å². The van der Waals surface area contributed by atoms with Crippen molar-refractivity contribution in [2.24, 2.45) is 7.05 Å². The number of benzene rings is 3. The molecule has 37 heavy (non-hydrogen) atoms. The van der Waals surface area contributed by atoms with E-state index in [4.69, 9.17) is 0 Å². The normalized spacial score (nSPS) is 19.2. The Labute approximate surface area is 218 Å². The van der Waals surface area contributed by atoms with Gasteiger partial charge in [0.1, 0.15) is 0 Å². The van der Waals surface area contributed by atoms with Crippen LogP contribution in [0, 0.1) is 0 Å². The third-order valence-electron chi connectivity index (χ3n) is 8.23. The molecule has 2 aliphatic rings. The number of nitrogens with zero attached hydrogens (tertiary/aromatic N) is 2. The third-order valence-corrected chi connectivity index (χ3v) is 10.1. The summed E-state index contributed by atoms with van der Waals surface area (Å²) in [6, 6.07) is 25.1. The summed E-state index contributed by atoms with van der Waals surface area (Å²) in [4.78, 5) is 13.6. The van der Waals surface area contributed by atoms with E-state index in [9.17, 15) is 13.2 Å². The molecule has 1 unspecified atom stereocenters. The van der Waals surface area contributed by atoms with E-state index in [1.807, 2.05) is 43.6 Å². The molecular weight excluding hydrogens is 482 g/mol. The van der Waals surface area contributed by atoms with Crippen molar-refractivity contribution in [3.63, 3.8) is 0 Å². The van der Waals surface area contributed by atoms with Gasteiger partial charge < -0.3 is 9.88 Å². The lowest BCUT2D eigenvalue weighted by molar-refractivity contribution is -0.121. The Morgan fingerprint density at radius 1 is 0.946 bits per heavy atom. The molecule has 6 rings (SSSR count). The summed E-state index contributed by atoms with van der Waals surface area (Å²) in [6.45, 7) is 0.949. The van der Waals surface area contributed by atoms with E-state index in [0.717, 1.165) is 41.3 Å². The van der Waals surface area contributed by atoms with E-state index < -0.39 is 10.0 Å². The molecule has 1 spiro atoms. The maximum Gasteiger partial charge on any atom is 0.243 e. The minimum Gasteiger partial charge on any atom is -0.350 e. The minimum atomic E-state index is -3.51. The van der Waals surface area contributed by atoms with Crippen LogP contribution in [0.4, 0.5) is 0 Å². The van der Waals surface area contributed by atoms with Crippen molar-refractivity contribution in [2.75, 3.05) is 13.1 Å². The van der Waals surface area contributed by atoms with E-state index in [2.05, 4.69) is 34.1 Å². The van der Waals surface area contributed by atoms with E-state index in [-0.39, 0.29) is 17.4 Å². The van der Waals surface area contributed by atoms with Gasteiger partial charge in [-0.1, -0.05) is 60.7 Å². The number of para-hydroxylation sites is 1. The van der Waals surface area contributed by atoms with Gasteiger partial charge in [0.15, 0.2) is 0 Å². The highest BCUT2D eigenvalue weighted by molar-refractivity contribution is 7.89. The Kier molecular flexibility index (Phi) is 5.92. The molecule has 3 aromatic carbocycles. The number of piperidine rings is 1. The molecule has 1 aromatic heterocycles. The van der Waals surface area contributed by atoms with Crippen LogP contribution in [0.25, 0.3) is 10.9 Å². The zero-order valence-corrected chi connectivity index (χ0v) is 21.7. The third kappa shape index (κ3) is 4.16. The van der Waals surface area contributed by atoms with Crippen LogP contribution in [0.1, 0.15) is 42.0 Å². The van der Waals surface area contributed by atoms with Crippen LogP contribution < -0.4 is 5.32 Å². The standard InChI is InChI=1S/C30H31N3O3S/c1-32-21-22(24-11-6-8-14-28(24)32)19-29(34)31-27-20-30(26-13-7-5-12-25(26)27)15-17-33(18-16-30)37(35,36)23-9-3-2-4-10-23/h2-14,21,27H,15-20H2,1H3,(H,31,34). The number of carbonyl (C=O) groups is 1. The summed E-state index contributed by atoms with van der Waals surface area (Å²) < 4.78 is 30.0. The van der Waals surface area contributed by atoms with Crippen LogP contribution in [0.5, 0.6) is 0 Å². The first-order valence-electron chi connectivity index (χ1n) is 12.8. The fourth-order valence-electron chi connectivity index (χ4n) is 6.38. The average molecular weight is 514 g/mol. The molecular formula is C30H31N3O3S. The van der Waals surface area contributed by atoms with Crippen LogP contribution in [0.3, 0.4) is 0 Å². The number of nitrogens with one attached hydrogen (secondary N) is 1. The molecule has 1 aliphatic heterocycles. The number of hydrogen-bond acceptors (Lipinski definition) is 3. The molecule has 1 N–H and O–H groups in total. The molecule has 1 aliphatic carbocycles. The number of sulfonamides is 1. The van der Waals surface area contributed by atoms with Crippen molar-refractivity contribution in [1.29, 1.82) is 0 Å². The van der Waals surface area contributed by atoms with Gasteiger partial charge in [-0.2, -0.15) is 4.31 Å². The number of aryl methyl sites for hydroxylation is 1. The summed E-state index contributed by atoms with van der Waals surface area (Å²) in [7, 11) is -1.50. The second-order valence-electron chi connectivity index (χ2n) is 10.4. The van der Waals surface area contributed by atoms with Gasteiger partial charge in [-0.25, -0.2) is 8.42 Å². The van der Waals surface area contributed by atoms with Gasteiger partial charge in [0.2, 0.25) is 15.9 Å². The SMILES string of the molecule is Cn1cc(CC(=O)NC2CC3(CCN(S(=O)(=O)c4ccccc4)CC3)c3ccccc32)c2ccccc21. The first kappa shape index (κ1) is 23.9. The minimum absolute atomic E-state index is 0.0114. The summed E-state index contributed by atoms with van der Waals surface area (Å²) >= 11 is 0. The Morgan fingerprint density at radius 3 is 2.41 bits per heavy atom. The van der Waals surface area contributed by atoms with Crippen molar-refractivity contribution in [2.45, 2.75) is 42.0 Å².